The van der Waals surface area contributed by atoms with Crippen LogP contribution >= 0.6 is 0 Å². The van der Waals surface area contributed by atoms with Gasteiger partial charge in [0, 0.05) is 55.7 Å². The van der Waals surface area contributed by atoms with Gasteiger partial charge in [-0.1, -0.05) is 0 Å². The van der Waals surface area contributed by atoms with Gasteiger partial charge in [0.1, 0.15) is 0 Å². The smallest absolute Gasteiger partial charge is 0.251 e. The summed E-state index contributed by atoms with van der Waals surface area (Å²) in [5.41, 5.74) is 12.0. The number of primary amides is 1. The number of pyridine rings is 1. The summed E-state index contributed by atoms with van der Waals surface area (Å²) in [6.45, 7) is 2.37. The molecule has 29 heavy (non-hydrogen) atoms. The van der Waals surface area contributed by atoms with Crippen molar-refractivity contribution in [3.8, 4) is 17.0 Å². The van der Waals surface area contributed by atoms with Gasteiger partial charge in [0.05, 0.1) is 23.5 Å². The molecule has 0 saturated carbocycles. The molecule has 0 atom stereocenters. The summed E-state index contributed by atoms with van der Waals surface area (Å²) in [7, 11) is 6.06. The van der Waals surface area contributed by atoms with Crippen LogP contribution in [0.1, 0.15) is 27.9 Å². The Labute approximate surface area is 171 Å². The number of rotatable bonds is 6. The molecule has 1 amide bonds. The zero-order valence-electron chi connectivity index (χ0n) is 17.2. The van der Waals surface area contributed by atoms with Crippen molar-refractivity contribution >= 4 is 23.5 Å². The Hall–Kier alpha value is -2.93. The third-order valence-corrected chi connectivity index (χ3v) is 5.50. The second-order valence-electron chi connectivity index (χ2n) is 7.89. The normalized spacial score (nSPS) is 14.5. The van der Waals surface area contributed by atoms with Gasteiger partial charge in [0.15, 0.2) is 0 Å². The molecule has 2 N–H and O–H groups in total. The number of ether oxygens (including phenoxy) is 1. The molecule has 2 aromatic rings. The lowest BCUT2D eigenvalue weighted by atomic mass is 9.93. The van der Waals surface area contributed by atoms with Crippen molar-refractivity contribution in [3.63, 3.8) is 0 Å². The fraction of sp³-hybridized carbons (Fsp3) is 0.409. The molecule has 0 bridgehead atoms. The highest BCUT2D eigenvalue weighted by Crippen LogP contribution is 2.43. The van der Waals surface area contributed by atoms with Crippen LogP contribution in [0.2, 0.25) is 0 Å². The molecule has 1 aromatic carbocycles. The molecule has 0 unspecified atom stereocenters. The first-order valence-electron chi connectivity index (χ1n) is 9.96. The number of hydrogen-bond acceptors (Lipinski definition) is 6. The maximum absolute atomic E-state index is 12.4. The van der Waals surface area contributed by atoms with E-state index in [0.717, 1.165) is 65.4 Å². The zero-order chi connectivity index (χ0) is 20.5. The van der Waals surface area contributed by atoms with E-state index in [1.807, 2.05) is 39.6 Å². The Balaban J connectivity index is 1.84. The number of carbonyl (C=O) groups is 1. The number of anilines is 1. The Kier molecular flexibility index (Phi) is 5.24. The lowest BCUT2D eigenvalue weighted by molar-refractivity contribution is 0.1000. The first-order valence-corrected chi connectivity index (χ1v) is 9.96. The van der Waals surface area contributed by atoms with Crippen LogP contribution in [0.15, 0.2) is 23.3 Å². The highest BCUT2D eigenvalue weighted by Gasteiger charge is 2.26. The van der Waals surface area contributed by atoms with E-state index in [4.69, 9.17) is 10.5 Å². The SMILES string of the molecule is CN(C)CCN(C)c1cc(-c2cnc3c(c2)CCCO3)c2c(c1C(N)=O)CC=N2. The Morgan fingerprint density at radius 1 is 1.24 bits per heavy atom. The quantitative estimate of drug-likeness (QED) is 0.815. The van der Waals surface area contributed by atoms with Crippen LogP contribution in [-0.2, 0) is 12.8 Å². The van der Waals surface area contributed by atoms with Crippen molar-refractivity contribution in [1.82, 2.24) is 9.88 Å². The van der Waals surface area contributed by atoms with E-state index < -0.39 is 5.91 Å². The molecule has 0 fully saturated rings. The van der Waals surface area contributed by atoms with Gasteiger partial charge in [-0.3, -0.25) is 9.79 Å². The van der Waals surface area contributed by atoms with E-state index in [0.29, 0.717) is 18.6 Å². The minimum absolute atomic E-state index is 0.415. The van der Waals surface area contributed by atoms with Gasteiger partial charge in [-0.05, 0) is 44.6 Å². The summed E-state index contributed by atoms with van der Waals surface area (Å²) < 4.78 is 5.66. The van der Waals surface area contributed by atoms with Gasteiger partial charge in [0.2, 0.25) is 5.88 Å². The Bertz CT molecular complexity index is 984. The van der Waals surface area contributed by atoms with E-state index >= 15 is 0 Å². The predicted molar refractivity (Wildman–Crippen MR) is 116 cm³/mol. The van der Waals surface area contributed by atoms with Crippen LogP contribution in [0.5, 0.6) is 5.88 Å². The molecule has 2 aliphatic heterocycles. The Morgan fingerprint density at radius 3 is 2.83 bits per heavy atom. The molecule has 0 saturated heterocycles. The van der Waals surface area contributed by atoms with Gasteiger partial charge >= 0.3 is 0 Å². The summed E-state index contributed by atoms with van der Waals surface area (Å²) in [4.78, 5) is 25.7. The Morgan fingerprint density at radius 2 is 2.07 bits per heavy atom. The fourth-order valence-electron chi connectivity index (χ4n) is 3.94. The molecule has 4 rings (SSSR count). The van der Waals surface area contributed by atoms with Crippen LogP contribution in [0.25, 0.3) is 11.1 Å². The summed E-state index contributed by atoms with van der Waals surface area (Å²) >= 11 is 0. The number of aliphatic imine (C=N–C) groups is 1. The molecule has 152 valence electrons. The van der Waals surface area contributed by atoms with Gasteiger partial charge in [-0.25, -0.2) is 4.98 Å². The number of aryl methyl sites for hydroxylation is 1. The molecular formula is C22H27N5O2. The van der Waals surface area contributed by atoms with Crippen molar-refractivity contribution in [1.29, 1.82) is 0 Å². The largest absolute Gasteiger partial charge is 0.477 e. The number of hydrogen-bond donors (Lipinski definition) is 1. The van der Waals surface area contributed by atoms with Crippen molar-refractivity contribution < 1.29 is 9.53 Å². The second kappa shape index (κ2) is 7.83. The first-order chi connectivity index (χ1) is 14.0. The molecule has 7 nitrogen and oxygen atoms in total. The fourth-order valence-corrected chi connectivity index (χ4v) is 3.94. The molecule has 7 heteroatoms. The molecule has 2 aliphatic rings. The lowest BCUT2D eigenvalue weighted by Gasteiger charge is -2.26. The van der Waals surface area contributed by atoms with Crippen molar-refractivity contribution in [2.24, 2.45) is 10.7 Å². The number of fused-ring (bicyclic) bond motifs is 2. The zero-order valence-corrected chi connectivity index (χ0v) is 17.2. The molecule has 0 radical (unpaired) electrons. The summed E-state index contributed by atoms with van der Waals surface area (Å²) in [6, 6.07) is 4.17. The van der Waals surface area contributed by atoms with Gasteiger partial charge in [-0.15, -0.1) is 0 Å². The van der Waals surface area contributed by atoms with E-state index in [1.54, 1.807) is 0 Å². The van der Waals surface area contributed by atoms with Gasteiger partial charge in [-0.2, -0.15) is 0 Å². The topological polar surface area (TPSA) is 84.0 Å². The monoisotopic (exact) mass is 393 g/mol. The summed E-state index contributed by atoms with van der Waals surface area (Å²) in [5.74, 6) is 0.305. The van der Waals surface area contributed by atoms with Crippen molar-refractivity contribution in [2.75, 3.05) is 45.7 Å². The highest BCUT2D eigenvalue weighted by atomic mass is 16.5. The van der Waals surface area contributed by atoms with E-state index in [1.165, 1.54) is 0 Å². The summed E-state index contributed by atoms with van der Waals surface area (Å²) in [5, 5.41) is 0. The molecule has 1 aromatic heterocycles. The third kappa shape index (κ3) is 3.70. The highest BCUT2D eigenvalue weighted by molar-refractivity contribution is 6.06. The van der Waals surface area contributed by atoms with Crippen LogP contribution in [-0.4, -0.2) is 62.8 Å². The second-order valence-corrected chi connectivity index (χ2v) is 7.89. The van der Waals surface area contributed by atoms with Crippen LogP contribution < -0.4 is 15.4 Å². The lowest BCUT2D eigenvalue weighted by Crippen LogP contribution is -2.30. The number of carbonyl (C=O) groups excluding carboxylic acids is 1. The van der Waals surface area contributed by atoms with Crippen LogP contribution in [0.4, 0.5) is 11.4 Å². The minimum atomic E-state index is -0.415. The average molecular weight is 393 g/mol. The molecule has 0 spiro atoms. The molecular weight excluding hydrogens is 366 g/mol. The third-order valence-electron chi connectivity index (χ3n) is 5.50. The average Bonchev–Trinajstić information content (AvgIpc) is 3.19. The van der Waals surface area contributed by atoms with Gasteiger partial charge in [0.25, 0.3) is 5.91 Å². The number of likely N-dealkylation sites (N-methyl/N-ethyl adjacent to an activating group) is 2. The minimum Gasteiger partial charge on any atom is -0.477 e. The van der Waals surface area contributed by atoms with E-state index in [2.05, 4.69) is 25.8 Å². The molecule has 0 aliphatic carbocycles. The maximum Gasteiger partial charge on any atom is 0.251 e. The maximum atomic E-state index is 12.4. The number of benzene rings is 1. The van der Waals surface area contributed by atoms with Gasteiger partial charge < -0.3 is 20.3 Å². The van der Waals surface area contributed by atoms with Crippen molar-refractivity contribution in [3.05, 3.63) is 35.0 Å². The van der Waals surface area contributed by atoms with E-state index in [-0.39, 0.29) is 0 Å². The van der Waals surface area contributed by atoms with E-state index in [9.17, 15) is 4.79 Å². The van der Waals surface area contributed by atoms with Crippen molar-refractivity contribution in [2.45, 2.75) is 19.3 Å². The van der Waals surface area contributed by atoms with Crippen LogP contribution in [0.3, 0.4) is 0 Å². The first kappa shape index (κ1) is 19.4. The standard InChI is InChI=1S/C22H27N5O2/c1-26(2)8-9-27(3)18-12-17(20-16(6-7-24-20)19(18)21(23)28)15-11-14-5-4-10-29-22(14)25-13-15/h7,11-13H,4-6,8-10H2,1-3H3,(H2,23,28). The predicted octanol–water partition coefficient (Wildman–Crippen LogP) is 2.43. The number of aromatic nitrogens is 1. The summed E-state index contributed by atoms with van der Waals surface area (Å²) in [6.07, 6.45) is 6.24. The number of nitrogens with two attached hydrogens (primary N) is 1. The molecule has 3 heterocycles. The van der Waals surface area contributed by atoms with Crippen LogP contribution in [0, 0.1) is 0 Å². The number of amides is 1. The number of nitrogens with zero attached hydrogens (tertiary/aromatic N) is 4.